The van der Waals surface area contributed by atoms with Crippen LogP contribution in [0.3, 0.4) is 0 Å². The number of nitrogens with zero attached hydrogens (tertiary/aromatic N) is 2. The fourth-order valence-corrected chi connectivity index (χ4v) is 1.43. The number of benzene rings is 1. The minimum absolute atomic E-state index is 0.0834. The highest BCUT2D eigenvalue weighted by atomic mass is 19.1. The molecule has 0 aliphatic rings. The van der Waals surface area contributed by atoms with E-state index in [1.807, 2.05) is 4.98 Å². The highest BCUT2D eigenvalue weighted by Gasteiger charge is 2.15. The lowest BCUT2D eigenvalue weighted by atomic mass is 10.3. The third-order valence-corrected chi connectivity index (χ3v) is 2.24. The Balaban J connectivity index is 2.79. The molecule has 18 heavy (non-hydrogen) atoms. The van der Waals surface area contributed by atoms with E-state index in [0.717, 1.165) is 12.1 Å². The minimum Gasteiger partial charge on any atom is -0.492 e. The van der Waals surface area contributed by atoms with E-state index in [-0.39, 0.29) is 5.69 Å². The molecule has 8 heteroatoms. The average molecular weight is 251 g/mol. The van der Waals surface area contributed by atoms with Crippen molar-refractivity contribution in [3.05, 3.63) is 55.8 Å². The van der Waals surface area contributed by atoms with Crippen LogP contribution in [0.5, 0.6) is 5.88 Å². The summed E-state index contributed by atoms with van der Waals surface area (Å²) >= 11 is 0. The van der Waals surface area contributed by atoms with Crippen molar-refractivity contribution in [1.29, 1.82) is 0 Å². The summed E-state index contributed by atoms with van der Waals surface area (Å²) in [4.78, 5) is 34.9. The van der Waals surface area contributed by atoms with Crippen LogP contribution in [0.15, 0.2) is 39.0 Å². The van der Waals surface area contributed by atoms with E-state index in [2.05, 4.69) is 5.18 Å². The molecule has 0 unspecified atom stereocenters. The molecule has 2 N–H and O–H groups in total. The maximum Gasteiger partial charge on any atom is 0.335 e. The second-order valence-electron chi connectivity index (χ2n) is 3.33. The maximum absolute atomic E-state index is 12.7. The molecule has 0 aliphatic heterocycles. The van der Waals surface area contributed by atoms with Crippen molar-refractivity contribution >= 4 is 5.69 Å². The van der Waals surface area contributed by atoms with Gasteiger partial charge in [0, 0.05) is 0 Å². The lowest BCUT2D eigenvalue weighted by Crippen LogP contribution is -2.28. The first kappa shape index (κ1) is 11.7. The number of rotatable bonds is 2. The van der Waals surface area contributed by atoms with Crippen molar-refractivity contribution in [3.63, 3.8) is 0 Å². The lowest BCUT2D eigenvalue weighted by Gasteiger charge is -2.07. The summed E-state index contributed by atoms with van der Waals surface area (Å²) in [5.74, 6) is -1.44. The van der Waals surface area contributed by atoms with Gasteiger partial charge in [-0.15, -0.1) is 4.91 Å². The number of hydrogen-bond donors (Lipinski definition) is 2. The number of aromatic amines is 1. The van der Waals surface area contributed by atoms with Crippen LogP contribution in [0.4, 0.5) is 10.1 Å². The van der Waals surface area contributed by atoms with Crippen LogP contribution in [0.2, 0.25) is 0 Å². The smallest absolute Gasteiger partial charge is 0.335 e. The first-order valence-corrected chi connectivity index (χ1v) is 4.72. The number of nitrogens with one attached hydrogen (secondary N) is 1. The van der Waals surface area contributed by atoms with Gasteiger partial charge in [0.15, 0.2) is 0 Å². The van der Waals surface area contributed by atoms with Gasteiger partial charge in [0.05, 0.1) is 5.69 Å². The van der Waals surface area contributed by atoms with Crippen LogP contribution in [0, 0.1) is 10.7 Å². The summed E-state index contributed by atoms with van der Waals surface area (Å²) in [6, 6.07) is 4.51. The molecule has 0 saturated heterocycles. The Labute approximate surface area is 98.1 Å². The van der Waals surface area contributed by atoms with Crippen LogP contribution < -0.4 is 11.2 Å². The Kier molecular flexibility index (Phi) is 2.76. The Bertz CT molecular complexity index is 717. The molecular formula is C10H6FN3O4. The van der Waals surface area contributed by atoms with Gasteiger partial charge in [-0.05, 0) is 29.4 Å². The highest BCUT2D eigenvalue weighted by Crippen LogP contribution is 2.22. The molecular weight excluding hydrogens is 245 g/mol. The molecule has 1 heterocycles. The second-order valence-corrected chi connectivity index (χ2v) is 3.33. The Morgan fingerprint density at radius 1 is 1.22 bits per heavy atom. The van der Waals surface area contributed by atoms with E-state index in [9.17, 15) is 24.0 Å². The topological polar surface area (TPSA) is 105 Å². The third-order valence-electron chi connectivity index (χ3n) is 2.24. The van der Waals surface area contributed by atoms with Gasteiger partial charge >= 0.3 is 5.69 Å². The SMILES string of the molecule is O=Nc1c(O)n(-c2ccc(F)cc2)c(=O)[nH]c1=O. The predicted octanol–water partition coefficient (Wildman–Crippen LogP) is 0.768. The zero-order valence-corrected chi connectivity index (χ0v) is 8.75. The molecule has 0 saturated carbocycles. The summed E-state index contributed by atoms with van der Waals surface area (Å²) < 4.78 is 13.4. The molecule has 2 aromatic rings. The van der Waals surface area contributed by atoms with Crippen molar-refractivity contribution in [1.82, 2.24) is 9.55 Å². The summed E-state index contributed by atoms with van der Waals surface area (Å²) in [6.45, 7) is 0. The zero-order chi connectivity index (χ0) is 13.3. The molecule has 0 aliphatic carbocycles. The number of hydrogen-bond acceptors (Lipinski definition) is 5. The second kappa shape index (κ2) is 4.24. The van der Waals surface area contributed by atoms with Gasteiger partial charge < -0.3 is 5.11 Å². The van der Waals surface area contributed by atoms with Gasteiger partial charge in [0.1, 0.15) is 5.82 Å². The number of halogens is 1. The van der Waals surface area contributed by atoms with Crippen LogP contribution in [-0.2, 0) is 0 Å². The summed E-state index contributed by atoms with van der Waals surface area (Å²) in [5, 5.41) is 12.0. The van der Waals surface area contributed by atoms with Crippen molar-refractivity contribution in [2.24, 2.45) is 5.18 Å². The quantitative estimate of drug-likeness (QED) is 0.769. The van der Waals surface area contributed by atoms with E-state index in [4.69, 9.17) is 0 Å². The molecule has 0 bridgehead atoms. The largest absolute Gasteiger partial charge is 0.492 e. The van der Waals surface area contributed by atoms with E-state index < -0.39 is 28.6 Å². The average Bonchev–Trinajstić information content (AvgIpc) is 2.31. The molecule has 0 spiro atoms. The van der Waals surface area contributed by atoms with E-state index in [1.165, 1.54) is 12.1 Å². The first-order valence-electron chi connectivity index (χ1n) is 4.72. The molecule has 2 rings (SSSR count). The van der Waals surface area contributed by atoms with E-state index in [0.29, 0.717) is 4.57 Å². The Morgan fingerprint density at radius 2 is 1.83 bits per heavy atom. The number of H-pyrrole nitrogens is 1. The predicted molar refractivity (Wildman–Crippen MR) is 59.7 cm³/mol. The molecule has 1 aromatic carbocycles. The van der Waals surface area contributed by atoms with Gasteiger partial charge in [-0.25, -0.2) is 13.8 Å². The van der Waals surface area contributed by atoms with Gasteiger partial charge in [0.2, 0.25) is 11.6 Å². The van der Waals surface area contributed by atoms with Crippen molar-refractivity contribution in [2.75, 3.05) is 0 Å². The third kappa shape index (κ3) is 1.79. The number of nitroso groups, excluding NO2 is 1. The van der Waals surface area contributed by atoms with Crippen molar-refractivity contribution < 1.29 is 9.50 Å². The Hall–Kier alpha value is -2.77. The van der Waals surface area contributed by atoms with E-state index in [1.54, 1.807) is 0 Å². The first-order chi connectivity index (χ1) is 8.54. The van der Waals surface area contributed by atoms with Gasteiger partial charge in [-0.2, -0.15) is 0 Å². The van der Waals surface area contributed by atoms with Crippen molar-refractivity contribution in [3.8, 4) is 11.6 Å². The fourth-order valence-electron chi connectivity index (χ4n) is 1.43. The van der Waals surface area contributed by atoms with E-state index >= 15 is 0 Å². The lowest BCUT2D eigenvalue weighted by molar-refractivity contribution is 0.433. The normalized spacial score (nSPS) is 10.3. The Morgan fingerprint density at radius 3 is 2.39 bits per heavy atom. The molecule has 7 nitrogen and oxygen atoms in total. The minimum atomic E-state index is -1.09. The van der Waals surface area contributed by atoms with Crippen LogP contribution in [0.1, 0.15) is 0 Å². The molecule has 0 atom stereocenters. The van der Waals surface area contributed by atoms with Crippen LogP contribution >= 0.6 is 0 Å². The van der Waals surface area contributed by atoms with Crippen molar-refractivity contribution in [2.45, 2.75) is 0 Å². The highest BCUT2D eigenvalue weighted by molar-refractivity contribution is 5.48. The number of aromatic hydroxyl groups is 1. The van der Waals surface area contributed by atoms with Crippen LogP contribution in [0.25, 0.3) is 5.69 Å². The summed E-state index contributed by atoms with van der Waals surface area (Å²) in [7, 11) is 0. The molecule has 1 aromatic heterocycles. The number of aromatic nitrogens is 2. The van der Waals surface area contributed by atoms with Gasteiger partial charge in [-0.1, -0.05) is 0 Å². The van der Waals surface area contributed by atoms with Crippen LogP contribution in [-0.4, -0.2) is 14.7 Å². The molecule has 0 amide bonds. The maximum atomic E-state index is 12.7. The fraction of sp³-hybridized carbons (Fsp3) is 0. The van der Waals surface area contributed by atoms with Gasteiger partial charge in [0.25, 0.3) is 5.56 Å². The molecule has 0 radical (unpaired) electrons. The van der Waals surface area contributed by atoms with Gasteiger partial charge in [-0.3, -0.25) is 9.78 Å². The standard InChI is InChI=1S/C10H6FN3O4/c11-5-1-3-6(4-2-5)14-9(16)7(13-18)8(15)12-10(14)17/h1-4,16H,(H,12,15,17). The monoisotopic (exact) mass is 251 g/mol. The summed E-state index contributed by atoms with van der Waals surface area (Å²) in [6.07, 6.45) is 0. The molecule has 92 valence electrons. The molecule has 0 fully saturated rings. The zero-order valence-electron chi connectivity index (χ0n) is 8.75. The summed E-state index contributed by atoms with van der Waals surface area (Å²) in [5.41, 5.74) is -2.79.